The number of amides is 1. The lowest BCUT2D eigenvalue weighted by Crippen LogP contribution is -2.28. The molecule has 6 nitrogen and oxygen atoms in total. The lowest BCUT2D eigenvalue weighted by Gasteiger charge is -2.20. The van der Waals surface area contributed by atoms with Crippen molar-refractivity contribution in [1.82, 2.24) is 25.5 Å². The van der Waals surface area contributed by atoms with Gasteiger partial charge in [0.2, 0.25) is 11.1 Å². The van der Waals surface area contributed by atoms with Gasteiger partial charge in [0.1, 0.15) is 0 Å². The standard InChI is InChI=1S/C21H22ClN5OS/c1-14(16-7-6-15-4-2-3-5-17(15)12-16)23-20(28)13-29-21-24-25-26-27(21)19-10-8-18(22)9-11-19/h6-12,14H,2-5,13H2,1H3,(H,23,28)/t14-/m1/s1. The number of aryl methyl sites for hydroxylation is 2. The number of carbonyl (C=O) groups is 1. The monoisotopic (exact) mass is 427 g/mol. The summed E-state index contributed by atoms with van der Waals surface area (Å²) in [5.74, 6) is 0.189. The molecule has 0 aliphatic heterocycles. The molecule has 150 valence electrons. The minimum absolute atomic E-state index is 0.0393. The molecule has 1 atom stereocenters. The van der Waals surface area contributed by atoms with Gasteiger partial charge in [0.25, 0.3) is 0 Å². The van der Waals surface area contributed by atoms with E-state index in [0.717, 1.165) is 24.1 Å². The molecule has 1 aromatic heterocycles. The van der Waals surface area contributed by atoms with Crippen molar-refractivity contribution in [2.24, 2.45) is 0 Å². The van der Waals surface area contributed by atoms with Gasteiger partial charge in [-0.15, -0.1) is 5.10 Å². The summed E-state index contributed by atoms with van der Waals surface area (Å²) >= 11 is 7.24. The lowest BCUT2D eigenvalue weighted by molar-refractivity contribution is -0.119. The van der Waals surface area contributed by atoms with E-state index < -0.39 is 0 Å². The van der Waals surface area contributed by atoms with Gasteiger partial charge in [-0.2, -0.15) is 4.68 Å². The third kappa shape index (κ3) is 4.79. The molecule has 0 spiro atoms. The molecule has 0 unspecified atom stereocenters. The Bertz CT molecular complexity index is 1000. The van der Waals surface area contributed by atoms with E-state index in [1.165, 1.54) is 35.7 Å². The molecule has 2 aromatic carbocycles. The fraction of sp³-hybridized carbons (Fsp3) is 0.333. The van der Waals surface area contributed by atoms with E-state index in [1.807, 2.05) is 19.1 Å². The molecule has 8 heteroatoms. The van der Waals surface area contributed by atoms with Crippen molar-refractivity contribution in [2.75, 3.05) is 5.75 Å². The average molecular weight is 428 g/mol. The number of nitrogens with zero attached hydrogens (tertiary/aromatic N) is 4. The highest BCUT2D eigenvalue weighted by Crippen LogP contribution is 2.25. The van der Waals surface area contributed by atoms with Gasteiger partial charge >= 0.3 is 0 Å². The first-order chi connectivity index (χ1) is 14.1. The van der Waals surface area contributed by atoms with Crippen LogP contribution in [0.5, 0.6) is 0 Å². The Morgan fingerprint density at radius 2 is 1.93 bits per heavy atom. The molecule has 1 heterocycles. The number of thioether (sulfide) groups is 1. The molecule has 1 N–H and O–H groups in total. The predicted molar refractivity (Wildman–Crippen MR) is 115 cm³/mol. The number of halogens is 1. The van der Waals surface area contributed by atoms with Crippen LogP contribution >= 0.6 is 23.4 Å². The van der Waals surface area contributed by atoms with Gasteiger partial charge in [0.05, 0.1) is 17.5 Å². The smallest absolute Gasteiger partial charge is 0.230 e. The van der Waals surface area contributed by atoms with Crippen LogP contribution in [0.1, 0.15) is 42.5 Å². The SMILES string of the molecule is C[C@@H](NC(=O)CSc1nnnn1-c1ccc(Cl)cc1)c1ccc2c(c1)CCCC2. The van der Waals surface area contributed by atoms with Gasteiger partial charge < -0.3 is 5.32 Å². The minimum Gasteiger partial charge on any atom is -0.349 e. The quantitative estimate of drug-likeness (QED) is 0.598. The van der Waals surface area contributed by atoms with Crippen LogP contribution in [-0.4, -0.2) is 31.9 Å². The maximum absolute atomic E-state index is 12.5. The molecule has 1 aliphatic carbocycles. The third-order valence-electron chi connectivity index (χ3n) is 5.09. The van der Waals surface area contributed by atoms with Crippen molar-refractivity contribution in [1.29, 1.82) is 0 Å². The van der Waals surface area contributed by atoms with Crippen LogP contribution in [0.2, 0.25) is 5.02 Å². The van der Waals surface area contributed by atoms with Crippen molar-refractivity contribution in [3.8, 4) is 5.69 Å². The lowest BCUT2D eigenvalue weighted by atomic mass is 9.89. The third-order valence-corrected chi connectivity index (χ3v) is 6.27. The molecule has 0 bridgehead atoms. The molecule has 1 aliphatic rings. The number of fused-ring (bicyclic) bond motifs is 1. The van der Waals surface area contributed by atoms with Crippen molar-refractivity contribution in [3.63, 3.8) is 0 Å². The fourth-order valence-corrected chi connectivity index (χ4v) is 4.36. The molecule has 0 saturated heterocycles. The Labute approximate surface area is 179 Å². The molecular weight excluding hydrogens is 406 g/mol. The van der Waals surface area contributed by atoms with Crippen LogP contribution in [0, 0.1) is 0 Å². The number of carbonyl (C=O) groups excluding carboxylic acids is 1. The van der Waals surface area contributed by atoms with E-state index in [1.54, 1.807) is 16.8 Å². The fourth-order valence-electron chi connectivity index (χ4n) is 3.53. The van der Waals surface area contributed by atoms with Crippen LogP contribution < -0.4 is 5.32 Å². The second kappa shape index (κ2) is 8.97. The van der Waals surface area contributed by atoms with E-state index in [9.17, 15) is 4.79 Å². The maximum Gasteiger partial charge on any atom is 0.230 e. The number of nitrogens with one attached hydrogen (secondary N) is 1. The molecule has 0 saturated carbocycles. The Kier molecular flexibility index (Phi) is 6.16. The average Bonchev–Trinajstić information content (AvgIpc) is 3.21. The van der Waals surface area contributed by atoms with Crippen molar-refractivity contribution in [3.05, 3.63) is 64.2 Å². The second-order valence-corrected chi connectivity index (χ2v) is 8.54. The molecular formula is C21H22ClN5OS. The number of hydrogen-bond donors (Lipinski definition) is 1. The highest BCUT2D eigenvalue weighted by atomic mass is 35.5. The van der Waals surface area contributed by atoms with Crippen molar-refractivity contribution >= 4 is 29.3 Å². The van der Waals surface area contributed by atoms with E-state index >= 15 is 0 Å². The summed E-state index contributed by atoms with van der Waals surface area (Å²) in [5, 5.41) is 16.0. The van der Waals surface area contributed by atoms with Gasteiger partial charge in [-0.1, -0.05) is 41.6 Å². The van der Waals surface area contributed by atoms with E-state index in [4.69, 9.17) is 11.6 Å². The molecule has 4 rings (SSSR count). The highest BCUT2D eigenvalue weighted by Gasteiger charge is 2.16. The van der Waals surface area contributed by atoms with Crippen LogP contribution in [0.25, 0.3) is 5.69 Å². The Balaban J connectivity index is 1.36. The zero-order valence-corrected chi connectivity index (χ0v) is 17.7. The molecule has 1 amide bonds. The van der Waals surface area contributed by atoms with Crippen LogP contribution in [0.4, 0.5) is 0 Å². The zero-order valence-electron chi connectivity index (χ0n) is 16.1. The van der Waals surface area contributed by atoms with Gasteiger partial charge in [-0.05, 0) is 84.0 Å². The highest BCUT2D eigenvalue weighted by molar-refractivity contribution is 7.99. The van der Waals surface area contributed by atoms with E-state index in [-0.39, 0.29) is 17.7 Å². The first-order valence-electron chi connectivity index (χ1n) is 9.68. The van der Waals surface area contributed by atoms with Gasteiger partial charge in [-0.3, -0.25) is 4.79 Å². The molecule has 3 aromatic rings. The first-order valence-corrected chi connectivity index (χ1v) is 11.0. The van der Waals surface area contributed by atoms with Crippen LogP contribution in [0.15, 0.2) is 47.6 Å². The predicted octanol–water partition coefficient (Wildman–Crippen LogP) is 4.16. The number of hydrogen-bond acceptors (Lipinski definition) is 5. The number of aromatic nitrogens is 4. The van der Waals surface area contributed by atoms with E-state index in [0.29, 0.717) is 10.2 Å². The first kappa shape index (κ1) is 19.9. The topological polar surface area (TPSA) is 72.7 Å². The summed E-state index contributed by atoms with van der Waals surface area (Å²) in [6, 6.07) is 13.8. The molecule has 0 fully saturated rings. The van der Waals surface area contributed by atoms with Gasteiger partial charge in [0, 0.05) is 5.02 Å². The summed E-state index contributed by atoms with van der Waals surface area (Å²) in [6.07, 6.45) is 4.81. The summed E-state index contributed by atoms with van der Waals surface area (Å²) in [4.78, 5) is 12.5. The number of benzene rings is 2. The summed E-state index contributed by atoms with van der Waals surface area (Å²) in [7, 11) is 0. The summed E-state index contributed by atoms with van der Waals surface area (Å²) in [5.41, 5.74) is 4.81. The van der Waals surface area contributed by atoms with E-state index in [2.05, 4.69) is 39.0 Å². The molecule has 0 radical (unpaired) electrons. The molecule has 29 heavy (non-hydrogen) atoms. The minimum atomic E-state index is -0.0501. The normalized spacial score (nSPS) is 14.3. The summed E-state index contributed by atoms with van der Waals surface area (Å²) in [6.45, 7) is 2.02. The zero-order chi connectivity index (χ0) is 20.2. The number of tetrazole rings is 1. The number of rotatable bonds is 6. The Hall–Kier alpha value is -2.38. The maximum atomic E-state index is 12.5. The van der Waals surface area contributed by atoms with Gasteiger partial charge in [-0.25, -0.2) is 0 Å². The second-order valence-electron chi connectivity index (χ2n) is 7.16. The largest absolute Gasteiger partial charge is 0.349 e. The Morgan fingerprint density at radius 3 is 2.72 bits per heavy atom. The van der Waals surface area contributed by atoms with Crippen molar-refractivity contribution < 1.29 is 4.79 Å². The van der Waals surface area contributed by atoms with Crippen LogP contribution in [0.3, 0.4) is 0 Å². The van der Waals surface area contributed by atoms with Gasteiger partial charge in [0.15, 0.2) is 0 Å². The summed E-state index contributed by atoms with van der Waals surface area (Å²) < 4.78 is 1.60. The Morgan fingerprint density at radius 1 is 1.17 bits per heavy atom. The van der Waals surface area contributed by atoms with Crippen LogP contribution in [-0.2, 0) is 17.6 Å². The van der Waals surface area contributed by atoms with Crippen molar-refractivity contribution in [2.45, 2.75) is 43.8 Å².